The van der Waals surface area contributed by atoms with Gasteiger partial charge in [-0.25, -0.2) is 4.79 Å². The molecule has 0 saturated heterocycles. The van der Waals surface area contributed by atoms with Crippen molar-refractivity contribution in [3.63, 3.8) is 0 Å². The van der Waals surface area contributed by atoms with Gasteiger partial charge in [0.15, 0.2) is 6.10 Å². The average Bonchev–Trinajstić information content (AvgIpc) is 2.48. The van der Waals surface area contributed by atoms with Gasteiger partial charge in [0.05, 0.1) is 5.56 Å². The Kier molecular flexibility index (Phi) is 4.72. The quantitative estimate of drug-likeness (QED) is 0.856. The van der Waals surface area contributed by atoms with Crippen molar-refractivity contribution in [3.8, 4) is 0 Å². The van der Waals surface area contributed by atoms with Crippen LogP contribution in [0.2, 0.25) is 0 Å². The van der Waals surface area contributed by atoms with Gasteiger partial charge in [0.25, 0.3) is 5.91 Å². The maximum Gasteiger partial charge on any atom is 0.339 e. The maximum absolute atomic E-state index is 12.1. The van der Waals surface area contributed by atoms with Gasteiger partial charge < -0.3 is 10.5 Å². The van der Waals surface area contributed by atoms with E-state index in [0.29, 0.717) is 12.0 Å². The van der Waals surface area contributed by atoms with E-state index < -0.39 is 18.0 Å². The Balaban J connectivity index is 2.20. The number of rotatable bonds is 5. The lowest BCUT2D eigenvalue weighted by Crippen LogP contribution is -2.30. The molecule has 0 radical (unpaired) electrons. The van der Waals surface area contributed by atoms with Gasteiger partial charge >= 0.3 is 5.97 Å². The van der Waals surface area contributed by atoms with Gasteiger partial charge in [-0.3, -0.25) is 4.79 Å². The molecule has 0 spiro atoms. The van der Waals surface area contributed by atoms with Gasteiger partial charge in [0, 0.05) is 0 Å². The fourth-order valence-corrected chi connectivity index (χ4v) is 1.97. The van der Waals surface area contributed by atoms with Crippen LogP contribution in [-0.4, -0.2) is 18.0 Å². The third kappa shape index (κ3) is 3.92. The molecule has 0 aliphatic rings. The lowest BCUT2D eigenvalue weighted by Gasteiger charge is -2.12. The van der Waals surface area contributed by atoms with Gasteiger partial charge in [-0.1, -0.05) is 48.5 Å². The summed E-state index contributed by atoms with van der Waals surface area (Å²) < 4.78 is 5.06. The first-order valence-corrected chi connectivity index (χ1v) is 6.70. The van der Waals surface area contributed by atoms with Crippen LogP contribution in [-0.2, 0) is 16.0 Å². The lowest BCUT2D eigenvalue weighted by atomic mass is 10.00. The molecule has 0 bridgehead atoms. The van der Waals surface area contributed by atoms with Crippen molar-refractivity contribution in [1.82, 2.24) is 0 Å². The zero-order valence-electron chi connectivity index (χ0n) is 11.8. The zero-order chi connectivity index (χ0) is 15.2. The number of nitrogens with two attached hydrogens (primary N) is 1. The van der Waals surface area contributed by atoms with Crippen molar-refractivity contribution >= 4 is 11.9 Å². The van der Waals surface area contributed by atoms with E-state index in [-0.39, 0.29) is 0 Å². The van der Waals surface area contributed by atoms with Crippen molar-refractivity contribution in [3.05, 3.63) is 71.3 Å². The highest BCUT2D eigenvalue weighted by Crippen LogP contribution is 2.16. The summed E-state index contributed by atoms with van der Waals surface area (Å²) in [6.45, 7) is 1.46. The van der Waals surface area contributed by atoms with Gasteiger partial charge in [-0.15, -0.1) is 0 Å². The molecule has 0 aliphatic carbocycles. The summed E-state index contributed by atoms with van der Waals surface area (Å²) in [5, 5.41) is 0. The highest BCUT2D eigenvalue weighted by molar-refractivity contribution is 5.93. The molecule has 108 valence electrons. The molecule has 0 aliphatic heterocycles. The average molecular weight is 283 g/mol. The van der Waals surface area contributed by atoms with Crippen LogP contribution in [0.4, 0.5) is 0 Å². The second kappa shape index (κ2) is 6.70. The predicted molar refractivity (Wildman–Crippen MR) is 79.8 cm³/mol. The number of carbonyl (C=O) groups is 2. The fourth-order valence-electron chi connectivity index (χ4n) is 1.97. The third-order valence-electron chi connectivity index (χ3n) is 3.16. The standard InChI is InChI=1S/C17H17NO3/c1-12(16(18)19)21-17(20)15-10-6-5-9-14(15)11-13-7-3-2-4-8-13/h2-10,12H,11H2,1H3,(H2,18,19)/t12-/m1/s1. The molecule has 2 aromatic carbocycles. The fraction of sp³-hybridized carbons (Fsp3) is 0.176. The highest BCUT2D eigenvalue weighted by atomic mass is 16.5. The Bertz CT molecular complexity index is 637. The molecule has 0 aromatic heterocycles. The third-order valence-corrected chi connectivity index (χ3v) is 3.16. The van der Waals surface area contributed by atoms with Crippen molar-refractivity contribution in [2.45, 2.75) is 19.4 Å². The number of hydrogen-bond acceptors (Lipinski definition) is 3. The molecule has 2 rings (SSSR count). The number of primary amides is 1. The van der Waals surface area contributed by atoms with Crippen LogP contribution in [0.5, 0.6) is 0 Å². The molecule has 0 unspecified atom stereocenters. The Morgan fingerprint density at radius 3 is 2.33 bits per heavy atom. The maximum atomic E-state index is 12.1. The van der Waals surface area contributed by atoms with Gasteiger partial charge in [-0.05, 0) is 30.5 Å². The molecule has 1 amide bonds. The minimum Gasteiger partial charge on any atom is -0.449 e. The second-order valence-electron chi connectivity index (χ2n) is 4.77. The summed E-state index contributed by atoms with van der Waals surface area (Å²) in [6.07, 6.45) is -0.320. The zero-order valence-corrected chi connectivity index (χ0v) is 11.8. The summed E-state index contributed by atoms with van der Waals surface area (Å²) in [4.78, 5) is 23.1. The largest absolute Gasteiger partial charge is 0.449 e. The summed E-state index contributed by atoms with van der Waals surface area (Å²) in [5.74, 6) is -1.20. The van der Waals surface area contributed by atoms with Gasteiger partial charge in [0.1, 0.15) is 0 Å². The normalized spacial score (nSPS) is 11.7. The van der Waals surface area contributed by atoms with E-state index in [4.69, 9.17) is 10.5 Å². The van der Waals surface area contributed by atoms with Crippen molar-refractivity contribution < 1.29 is 14.3 Å². The lowest BCUT2D eigenvalue weighted by molar-refractivity contribution is -0.125. The van der Waals surface area contributed by atoms with E-state index in [2.05, 4.69) is 0 Å². The minimum atomic E-state index is -0.942. The smallest absolute Gasteiger partial charge is 0.339 e. The highest BCUT2D eigenvalue weighted by Gasteiger charge is 2.18. The van der Waals surface area contributed by atoms with E-state index in [0.717, 1.165) is 11.1 Å². The first-order valence-electron chi connectivity index (χ1n) is 6.70. The summed E-state index contributed by atoms with van der Waals surface area (Å²) >= 11 is 0. The molecule has 2 aromatic rings. The van der Waals surface area contributed by atoms with Crippen molar-refractivity contribution in [2.24, 2.45) is 5.73 Å². The van der Waals surface area contributed by atoms with Gasteiger partial charge in [0.2, 0.25) is 0 Å². The van der Waals surface area contributed by atoms with Crippen LogP contribution < -0.4 is 5.73 Å². The van der Waals surface area contributed by atoms with Crippen molar-refractivity contribution in [2.75, 3.05) is 0 Å². The van der Waals surface area contributed by atoms with E-state index in [1.54, 1.807) is 12.1 Å². The first kappa shape index (κ1) is 14.8. The molecule has 21 heavy (non-hydrogen) atoms. The minimum absolute atomic E-state index is 0.453. The van der Waals surface area contributed by atoms with E-state index in [1.807, 2.05) is 42.5 Å². The molecule has 1 atom stereocenters. The molecule has 4 nitrogen and oxygen atoms in total. The van der Waals surface area contributed by atoms with Crippen LogP contribution in [0.1, 0.15) is 28.4 Å². The Morgan fingerprint density at radius 1 is 1.05 bits per heavy atom. The molecular formula is C17H17NO3. The second-order valence-corrected chi connectivity index (χ2v) is 4.77. The monoisotopic (exact) mass is 283 g/mol. The molecule has 0 fully saturated rings. The van der Waals surface area contributed by atoms with Crippen LogP contribution in [0, 0.1) is 0 Å². The Labute approximate surface area is 123 Å². The predicted octanol–water partition coefficient (Wildman–Crippen LogP) is 2.31. The molecule has 0 heterocycles. The summed E-state index contributed by atoms with van der Waals surface area (Å²) in [5.41, 5.74) is 7.51. The van der Waals surface area contributed by atoms with Crippen LogP contribution in [0.15, 0.2) is 54.6 Å². The van der Waals surface area contributed by atoms with Crippen LogP contribution >= 0.6 is 0 Å². The number of ether oxygens (including phenoxy) is 1. The summed E-state index contributed by atoms with van der Waals surface area (Å²) in [6, 6.07) is 17.0. The number of hydrogen-bond donors (Lipinski definition) is 1. The number of benzene rings is 2. The Morgan fingerprint density at radius 2 is 1.67 bits per heavy atom. The van der Waals surface area contributed by atoms with Crippen molar-refractivity contribution in [1.29, 1.82) is 0 Å². The number of esters is 1. The molecule has 0 saturated carbocycles. The number of carbonyl (C=O) groups excluding carboxylic acids is 2. The van der Waals surface area contributed by atoms with E-state index in [1.165, 1.54) is 6.92 Å². The molecule has 2 N–H and O–H groups in total. The number of amides is 1. The van der Waals surface area contributed by atoms with Crippen LogP contribution in [0.3, 0.4) is 0 Å². The van der Waals surface area contributed by atoms with Crippen LogP contribution in [0.25, 0.3) is 0 Å². The first-order chi connectivity index (χ1) is 10.1. The SMILES string of the molecule is C[C@@H](OC(=O)c1ccccc1Cc1ccccc1)C(N)=O. The summed E-state index contributed by atoms with van der Waals surface area (Å²) in [7, 11) is 0. The van der Waals surface area contributed by atoms with E-state index >= 15 is 0 Å². The molecular weight excluding hydrogens is 266 g/mol. The van der Waals surface area contributed by atoms with Gasteiger partial charge in [-0.2, -0.15) is 0 Å². The van der Waals surface area contributed by atoms with E-state index in [9.17, 15) is 9.59 Å². The Hall–Kier alpha value is -2.62. The molecule has 4 heteroatoms. The topological polar surface area (TPSA) is 69.4 Å².